The molecule has 1 unspecified atom stereocenters. The van der Waals surface area contributed by atoms with Gasteiger partial charge in [0.25, 0.3) is 0 Å². The highest BCUT2D eigenvalue weighted by Gasteiger charge is 2.26. The zero-order valence-corrected chi connectivity index (χ0v) is 12.5. The number of hydrogen-bond acceptors (Lipinski definition) is 1. The van der Waals surface area contributed by atoms with Crippen LogP contribution in [0.5, 0.6) is 0 Å². The lowest BCUT2D eigenvalue weighted by Crippen LogP contribution is -2.39. The Balaban J connectivity index is 2.46. The Morgan fingerprint density at radius 2 is 1.59 bits per heavy atom. The van der Waals surface area contributed by atoms with Crippen LogP contribution >= 0.6 is 0 Å². The minimum absolute atomic E-state index is 0.789. The smallest absolute Gasteiger partial charge is 0.00978 e. The van der Waals surface area contributed by atoms with Gasteiger partial charge in [0.05, 0.1) is 0 Å². The maximum Gasteiger partial charge on any atom is 0.00978 e. The van der Waals surface area contributed by atoms with Gasteiger partial charge in [0.15, 0.2) is 0 Å². The summed E-state index contributed by atoms with van der Waals surface area (Å²) < 4.78 is 0. The van der Waals surface area contributed by atoms with Crippen LogP contribution < -0.4 is 5.32 Å². The topological polar surface area (TPSA) is 12.0 Å². The molecule has 0 amide bonds. The summed E-state index contributed by atoms with van der Waals surface area (Å²) >= 11 is 0. The molecule has 1 rings (SSSR count). The molecule has 1 fully saturated rings. The van der Waals surface area contributed by atoms with Crippen LogP contribution in [-0.2, 0) is 0 Å². The van der Waals surface area contributed by atoms with Crippen LogP contribution in [0.4, 0.5) is 0 Å². The highest BCUT2D eigenvalue weighted by Crippen LogP contribution is 2.33. The van der Waals surface area contributed by atoms with Crippen molar-refractivity contribution in [2.75, 3.05) is 6.54 Å². The van der Waals surface area contributed by atoms with Crippen LogP contribution in [-0.4, -0.2) is 12.6 Å². The number of nitrogens with one attached hydrogen (secondary N) is 1. The molecular formula is C16H33N. The van der Waals surface area contributed by atoms with Crippen LogP contribution in [0.3, 0.4) is 0 Å². The zero-order valence-electron chi connectivity index (χ0n) is 12.5. The van der Waals surface area contributed by atoms with E-state index in [9.17, 15) is 0 Å². The zero-order chi connectivity index (χ0) is 12.7. The SMILES string of the molecule is CCNC(CC(CC)CC)C1CCC(C)CC1. The van der Waals surface area contributed by atoms with Gasteiger partial charge in [-0.2, -0.15) is 0 Å². The molecule has 0 aliphatic heterocycles. The lowest BCUT2D eigenvalue weighted by Gasteiger charge is -2.35. The normalized spacial score (nSPS) is 27.4. The van der Waals surface area contributed by atoms with E-state index in [4.69, 9.17) is 0 Å². The fraction of sp³-hybridized carbons (Fsp3) is 1.00. The molecule has 102 valence electrons. The minimum atomic E-state index is 0.789. The third-order valence-corrected chi connectivity index (χ3v) is 4.84. The molecule has 0 spiro atoms. The molecule has 0 heterocycles. The van der Waals surface area contributed by atoms with E-state index in [-0.39, 0.29) is 0 Å². The van der Waals surface area contributed by atoms with E-state index in [0.717, 1.165) is 30.3 Å². The molecule has 1 heteroatoms. The summed E-state index contributed by atoms with van der Waals surface area (Å²) in [5.41, 5.74) is 0. The maximum absolute atomic E-state index is 3.77. The fourth-order valence-electron chi connectivity index (χ4n) is 3.37. The molecule has 17 heavy (non-hydrogen) atoms. The Labute approximate surface area is 109 Å². The highest BCUT2D eigenvalue weighted by molar-refractivity contribution is 4.82. The second-order valence-corrected chi connectivity index (χ2v) is 6.10. The summed E-state index contributed by atoms with van der Waals surface area (Å²) in [7, 11) is 0. The second-order valence-electron chi connectivity index (χ2n) is 6.10. The molecule has 0 aromatic carbocycles. The Morgan fingerprint density at radius 3 is 2.06 bits per heavy atom. The van der Waals surface area contributed by atoms with E-state index in [0.29, 0.717) is 0 Å². The monoisotopic (exact) mass is 239 g/mol. The van der Waals surface area contributed by atoms with E-state index in [1.165, 1.54) is 44.9 Å². The van der Waals surface area contributed by atoms with Gasteiger partial charge in [-0.05, 0) is 43.6 Å². The Morgan fingerprint density at radius 1 is 1.00 bits per heavy atom. The average Bonchev–Trinajstić information content (AvgIpc) is 2.35. The molecule has 0 saturated heterocycles. The molecule has 1 saturated carbocycles. The number of rotatable bonds is 7. The quantitative estimate of drug-likeness (QED) is 0.683. The van der Waals surface area contributed by atoms with E-state index in [1.54, 1.807) is 0 Å². The van der Waals surface area contributed by atoms with Gasteiger partial charge in [0, 0.05) is 6.04 Å². The standard InChI is InChI=1S/C16H33N/c1-5-14(6-2)12-16(17-7-3)15-10-8-13(4)9-11-15/h13-17H,5-12H2,1-4H3. The van der Waals surface area contributed by atoms with Gasteiger partial charge in [-0.3, -0.25) is 0 Å². The molecular weight excluding hydrogens is 206 g/mol. The molecule has 1 aliphatic rings. The summed E-state index contributed by atoms with van der Waals surface area (Å²) in [5.74, 6) is 2.85. The molecule has 1 nitrogen and oxygen atoms in total. The van der Waals surface area contributed by atoms with Crippen molar-refractivity contribution in [2.24, 2.45) is 17.8 Å². The van der Waals surface area contributed by atoms with Crippen molar-refractivity contribution in [3.8, 4) is 0 Å². The summed E-state index contributed by atoms with van der Waals surface area (Å²) in [6.45, 7) is 10.5. The van der Waals surface area contributed by atoms with E-state index < -0.39 is 0 Å². The Bertz CT molecular complexity index is 178. The van der Waals surface area contributed by atoms with Gasteiger partial charge in [-0.1, -0.05) is 53.4 Å². The summed E-state index contributed by atoms with van der Waals surface area (Å²) in [6.07, 6.45) is 9.92. The van der Waals surface area contributed by atoms with Gasteiger partial charge in [-0.25, -0.2) is 0 Å². The molecule has 0 radical (unpaired) electrons. The van der Waals surface area contributed by atoms with Gasteiger partial charge in [0.1, 0.15) is 0 Å². The summed E-state index contributed by atoms with van der Waals surface area (Å²) in [6, 6.07) is 0.789. The van der Waals surface area contributed by atoms with Crippen molar-refractivity contribution in [1.82, 2.24) is 5.32 Å². The molecule has 0 aromatic heterocycles. The minimum Gasteiger partial charge on any atom is -0.314 e. The molecule has 0 bridgehead atoms. The highest BCUT2D eigenvalue weighted by atomic mass is 14.9. The van der Waals surface area contributed by atoms with Gasteiger partial charge < -0.3 is 5.32 Å². The van der Waals surface area contributed by atoms with Crippen molar-refractivity contribution in [3.05, 3.63) is 0 Å². The first-order valence-corrected chi connectivity index (χ1v) is 7.94. The van der Waals surface area contributed by atoms with E-state index in [1.807, 2.05) is 0 Å². The summed E-state index contributed by atoms with van der Waals surface area (Å²) in [5, 5.41) is 3.77. The lowest BCUT2D eigenvalue weighted by molar-refractivity contribution is 0.204. The van der Waals surface area contributed by atoms with Gasteiger partial charge in [-0.15, -0.1) is 0 Å². The second kappa shape index (κ2) is 8.13. The first-order valence-electron chi connectivity index (χ1n) is 7.94. The van der Waals surface area contributed by atoms with Gasteiger partial charge in [0.2, 0.25) is 0 Å². The molecule has 0 aromatic rings. The largest absolute Gasteiger partial charge is 0.314 e. The van der Waals surface area contributed by atoms with Crippen molar-refractivity contribution < 1.29 is 0 Å². The first kappa shape index (κ1) is 15.0. The van der Waals surface area contributed by atoms with Crippen molar-refractivity contribution in [2.45, 2.75) is 78.7 Å². The predicted molar refractivity (Wildman–Crippen MR) is 77.3 cm³/mol. The van der Waals surface area contributed by atoms with E-state index in [2.05, 4.69) is 33.0 Å². The third-order valence-electron chi connectivity index (χ3n) is 4.84. The van der Waals surface area contributed by atoms with Crippen molar-refractivity contribution in [1.29, 1.82) is 0 Å². The average molecular weight is 239 g/mol. The maximum atomic E-state index is 3.77. The van der Waals surface area contributed by atoms with Crippen LogP contribution in [0, 0.1) is 17.8 Å². The van der Waals surface area contributed by atoms with Crippen molar-refractivity contribution >= 4 is 0 Å². The molecule has 1 atom stereocenters. The molecule has 1 N–H and O–H groups in total. The third kappa shape index (κ3) is 4.99. The van der Waals surface area contributed by atoms with Crippen LogP contribution in [0.15, 0.2) is 0 Å². The van der Waals surface area contributed by atoms with E-state index >= 15 is 0 Å². The van der Waals surface area contributed by atoms with Crippen LogP contribution in [0.25, 0.3) is 0 Å². The fourth-order valence-corrected chi connectivity index (χ4v) is 3.37. The Hall–Kier alpha value is -0.0400. The van der Waals surface area contributed by atoms with Crippen molar-refractivity contribution in [3.63, 3.8) is 0 Å². The summed E-state index contributed by atoms with van der Waals surface area (Å²) in [4.78, 5) is 0. The Kier molecular flexibility index (Phi) is 7.18. The van der Waals surface area contributed by atoms with Gasteiger partial charge >= 0.3 is 0 Å². The molecule has 1 aliphatic carbocycles. The lowest BCUT2D eigenvalue weighted by atomic mass is 9.76. The number of hydrogen-bond donors (Lipinski definition) is 1. The van der Waals surface area contributed by atoms with Crippen LogP contribution in [0.1, 0.15) is 72.6 Å². The predicted octanol–water partition coefficient (Wildman–Crippen LogP) is 4.62. The van der Waals surface area contributed by atoms with Crippen LogP contribution in [0.2, 0.25) is 0 Å². The first-order chi connectivity index (χ1) is 8.21.